The minimum atomic E-state index is -0.527. The maximum absolute atomic E-state index is 12.5. The molecule has 0 fully saturated rings. The van der Waals surface area contributed by atoms with E-state index in [1.807, 2.05) is 25.3 Å². The number of amides is 1. The number of aryl methyl sites for hydroxylation is 1. The summed E-state index contributed by atoms with van der Waals surface area (Å²) in [6.45, 7) is 3.78. The van der Waals surface area contributed by atoms with Crippen molar-refractivity contribution < 1.29 is 4.79 Å². The monoisotopic (exact) mass is 348 g/mol. The van der Waals surface area contributed by atoms with Crippen molar-refractivity contribution in [3.05, 3.63) is 23.8 Å². The lowest BCUT2D eigenvalue weighted by Crippen LogP contribution is -2.25. The van der Waals surface area contributed by atoms with E-state index in [0.717, 1.165) is 15.8 Å². The van der Waals surface area contributed by atoms with E-state index in [4.69, 9.17) is 5.73 Å². The largest absolute Gasteiger partial charge is 0.368 e. The molecule has 120 valence electrons. The van der Waals surface area contributed by atoms with Crippen LogP contribution in [0, 0.1) is 6.92 Å². The number of nitrogens with two attached hydrogens (primary N) is 1. The number of anilines is 2. The van der Waals surface area contributed by atoms with Crippen molar-refractivity contribution in [2.45, 2.75) is 25.0 Å². The Labute approximate surface area is 141 Å². The van der Waals surface area contributed by atoms with Crippen molar-refractivity contribution in [3.63, 3.8) is 0 Å². The molecule has 23 heavy (non-hydrogen) atoms. The molecule has 0 saturated heterocycles. The first-order chi connectivity index (χ1) is 11.0. The zero-order chi connectivity index (χ0) is 16.6. The van der Waals surface area contributed by atoms with Gasteiger partial charge in [0.1, 0.15) is 6.04 Å². The summed E-state index contributed by atoms with van der Waals surface area (Å²) in [5.41, 5.74) is 7.84. The molecule has 0 aliphatic carbocycles. The van der Waals surface area contributed by atoms with E-state index in [0.29, 0.717) is 10.3 Å². The van der Waals surface area contributed by atoms with Gasteiger partial charge in [0.05, 0.1) is 10.2 Å². The Kier molecular flexibility index (Phi) is 4.22. The highest BCUT2D eigenvalue weighted by atomic mass is 32.2. The summed E-state index contributed by atoms with van der Waals surface area (Å²) in [5.74, 6) is 0.0134. The molecule has 2 aromatic heterocycles. The molecule has 0 saturated carbocycles. The number of thioether (sulfide) groups is 1. The summed E-state index contributed by atoms with van der Waals surface area (Å²) in [7, 11) is 0. The van der Waals surface area contributed by atoms with Crippen LogP contribution in [0.5, 0.6) is 0 Å². The number of thiazole rings is 1. The third-order valence-corrected chi connectivity index (χ3v) is 4.99. The predicted molar refractivity (Wildman–Crippen MR) is 93.9 cm³/mol. The van der Waals surface area contributed by atoms with Gasteiger partial charge in [0.15, 0.2) is 10.3 Å². The molecule has 0 spiro atoms. The summed E-state index contributed by atoms with van der Waals surface area (Å²) in [6, 6.07) is 5.47. The van der Waals surface area contributed by atoms with Crippen molar-refractivity contribution >= 4 is 50.3 Å². The van der Waals surface area contributed by atoms with Crippen molar-refractivity contribution in [1.82, 2.24) is 19.7 Å². The van der Waals surface area contributed by atoms with Gasteiger partial charge in [-0.15, -0.1) is 10.2 Å². The van der Waals surface area contributed by atoms with Crippen molar-refractivity contribution in [3.8, 4) is 0 Å². The van der Waals surface area contributed by atoms with E-state index < -0.39 is 6.04 Å². The van der Waals surface area contributed by atoms with Crippen LogP contribution in [0.3, 0.4) is 0 Å². The second-order valence-corrected chi connectivity index (χ2v) is 6.87. The predicted octanol–water partition coefficient (Wildman–Crippen LogP) is 2.70. The van der Waals surface area contributed by atoms with Gasteiger partial charge in [-0.05, 0) is 37.8 Å². The van der Waals surface area contributed by atoms with Crippen LogP contribution in [0.4, 0.5) is 11.1 Å². The highest BCUT2D eigenvalue weighted by molar-refractivity contribution is 7.98. The maximum Gasteiger partial charge on any atom is 0.249 e. The van der Waals surface area contributed by atoms with Crippen LogP contribution in [-0.2, 0) is 4.79 Å². The first kappa shape index (κ1) is 15.8. The van der Waals surface area contributed by atoms with E-state index in [2.05, 4.69) is 26.6 Å². The second-order valence-electron chi connectivity index (χ2n) is 5.07. The third-order valence-electron chi connectivity index (χ3n) is 3.41. The van der Waals surface area contributed by atoms with Crippen LogP contribution in [0.2, 0.25) is 0 Å². The standard InChI is InChI=1S/C14H16N6OS2/c1-7-4-5-9-10(6-7)23-13(16-9)17-11(21)8(2)20-12(15)18-19-14(20)22-3/h4-6,8H,1-3H3,(H2,15,18)(H,16,17,21). The zero-order valence-corrected chi connectivity index (χ0v) is 14.5. The van der Waals surface area contributed by atoms with Crippen LogP contribution >= 0.6 is 23.1 Å². The number of nitrogens with one attached hydrogen (secondary N) is 1. The zero-order valence-electron chi connectivity index (χ0n) is 12.9. The Morgan fingerprint density at radius 2 is 2.22 bits per heavy atom. The number of benzene rings is 1. The van der Waals surface area contributed by atoms with Crippen LogP contribution in [0.25, 0.3) is 10.2 Å². The average Bonchev–Trinajstić information content (AvgIpc) is 3.08. The Hall–Kier alpha value is -2.13. The van der Waals surface area contributed by atoms with E-state index in [1.165, 1.54) is 23.1 Å². The summed E-state index contributed by atoms with van der Waals surface area (Å²) in [6.07, 6.45) is 1.86. The fourth-order valence-corrected chi connectivity index (χ4v) is 3.74. The fraction of sp³-hybridized carbons (Fsp3) is 0.286. The molecule has 7 nitrogen and oxygen atoms in total. The van der Waals surface area contributed by atoms with Gasteiger partial charge in [-0.3, -0.25) is 9.36 Å². The minimum absolute atomic E-state index is 0.206. The summed E-state index contributed by atoms with van der Waals surface area (Å²) in [5, 5.41) is 11.8. The molecule has 1 aromatic carbocycles. The van der Waals surface area contributed by atoms with Gasteiger partial charge in [-0.2, -0.15) is 0 Å². The lowest BCUT2D eigenvalue weighted by Gasteiger charge is -2.14. The van der Waals surface area contributed by atoms with Crippen LogP contribution in [0.1, 0.15) is 18.5 Å². The van der Waals surface area contributed by atoms with Gasteiger partial charge in [0, 0.05) is 0 Å². The molecule has 1 unspecified atom stereocenters. The number of fused-ring (bicyclic) bond motifs is 1. The minimum Gasteiger partial charge on any atom is -0.368 e. The first-order valence-electron chi connectivity index (χ1n) is 6.92. The lowest BCUT2D eigenvalue weighted by atomic mass is 10.2. The van der Waals surface area contributed by atoms with Crippen molar-refractivity contribution in [1.29, 1.82) is 0 Å². The SMILES string of the molecule is CSc1nnc(N)n1C(C)C(=O)Nc1nc2ccc(C)cc2s1. The van der Waals surface area contributed by atoms with E-state index in [-0.39, 0.29) is 11.9 Å². The van der Waals surface area contributed by atoms with Gasteiger partial charge in [-0.25, -0.2) is 4.98 Å². The smallest absolute Gasteiger partial charge is 0.249 e. The molecule has 0 radical (unpaired) electrons. The molecule has 3 N–H and O–H groups in total. The summed E-state index contributed by atoms with van der Waals surface area (Å²) in [4.78, 5) is 16.9. The van der Waals surface area contributed by atoms with Gasteiger partial charge < -0.3 is 11.1 Å². The quantitative estimate of drug-likeness (QED) is 0.703. The molecule has 1 atom stereocenters. The maximum atomic E-state index is 12.5. The van der Waals surface area contributed by atoms with Crippen LogP contribution in [0.15, 0.2) is 23.4 Å². The molecule has 9 heteroatoms. The van der Waals surface area contributed by atoms with E-state index >= 15 is 0 Å². The number of nitrogens with zero attached hydrogens (tertiary/aromatic N) is 4. The summed E-state index contributed by atoms with van der Waals surface area (Å²) >= 11 is 2.84. The molecule has 0 aliphatic heterocycles. The molecule has 0 aliphatic rings. The number of rotatable bonds is 4. The second kappa shape index (κ2) is 6.17. The Morgan fingerprint density at radius 1 is 1.43 bits per heavy atom. The van der Waals surface area contributed by atoms with Crippen LogP contribution < -0.4 is 11.1 Å². The van der Waals surface area contributed by atoms with Crippen molar-refractivity contribution in [2.24, 2.45) is 0 Å². The third kappa shape index (κ3) is 3.02. The number of aromatic nitrogens is 4. The first-order valence-corrected chi connectivity index (χ1v) is 8.96. The molecule has 1 amide bonds. The van der Waals surface area contributed by atoms with E-state index in [1.54, 1.807) is 11.5 Å². The molecular formula is C14H16N6OS2. The number of carbonyl (C=O) groups excluding carboxylic acids is 1. The van der Waals surface area contributed by atoms with Gasteiger partial charge >= 0.3 is 0 Å². The highest BCUT2D eigenvalue weighted by Crippen LogP contribution is 2.28. The molecule has 3 aromatic rings. The number of hydrogen-bond donors (Lipinski definition) is 2. The Bertz CT molecular complexity index is 871. The number of carbonyl (C=O) groups is 1. The van der Waals surface area contributed by atoms with Crippen LogP contribution in [-0.4, -0.2) is 31.9 Å². The number of nitrogen functional groups attached to an aromatic ring is 1. The average molecular weight is 348 g/mol. The fourth-order valence-electron chi connectivity index (χ4n) is 2.20. The highest BCUT2D eigenvalue weighted by Gasteiger charge is 2.22. The Balaban J connectivity index is 1.83. The molecule has 0 bridgehead atoms. The molecular weight excluding hydrogens is 332 g/mol. The van der Waals surface area contributed by atoms with Gasteiger partial charge in [-0.1, -0.05) is 29.2 Å². The topological polar surface area (TPSA) is 98.7 Å². The van der Waals surface area contributed by atoms with E-state index in [9.17, 15) is 4.79 Å². The molecule has 3 rings (SSSR count). The normalized spacial score (nSPS) is 12.5. The van der Waals surface area contributed by atoms with Crippen molar-refractivity contribution in [2.75, 3.05) is 17.3 Å². The Morgan fingerprint density at radius 3 is 2.96 bits per heavy atom. The van der Waals surface area contributed by atoms with Gasteiger partial charge in [0.25, 0.3) is 0 Å². The summed E-state index contributed by atoms with van der Waals surface area (Å²) < 4.78 is 2.65. The van der Waals surface area contributed by atoms with Gasteiger partial charge in [0.2, 0.25) is 11.9 Å². The molecule has 2 heterocycles. The number of hydrogen-bond acceptors (Lipinski definition) is 7. The lowest BCUT2D eigenvalue weighted by molar-refractivity contribution is -0.118.